The van der Waals surface area contributed by atoms with Crippen molar-refractivity contribution in [2.75, 3.05) is 43.5 Å². The molecular formula is C47H52ClF3N8O6. The summed E-state index contributed by atoms with van der Waals surface area (Å²) in [7, 11) is 1.24. The lowest BCUT2D eigenvalue weighted by Crippen LogP contribution is -2.54. The van der Waals surface area contributed by atoms with E-state index in [2.05, 4.69) is 44.1 Å². The van der Waals surface area contributed by atoms with Crippen LogP contribution >= 0.6 is 11.6 Å². The molecule has 3 N–H and O–H groups in total. The predicted octanol–water partition coefficient (Wildman–Crippen LogP) is 8.96. The number of hydrogen-bond donors (Lipinski definition) is 3. The third-order valence-electron chi connectivity index (χ3n) is 12.9. The second-order valence-corrected chi connectivity index (χ2v) is 18.9. The monoisotopic (exact) mass is 916 g/mol. The van der Waals surface area contributed by atoms with E-state index in [0.29, 0.717) is 71.6 Å². The second kappa shape index (κ2) is 17.4. The van der Waals surface area contributed by atoms with Crippen LogP contribution in [0.15, 0.2) is 60.8 Å². The third-order valence-corrected chi connectivity index (χ3v) is 13.2. The van der Waals surface area contributed by atoms with Crippen molar-refractivity contribution in [3.05, 3.63) is 77.2 Å². The van der Waals surface area contributed by atoms with Gasteiger partial charge in [0.15, 0.2) is 0 Å². The van der Waals surface area contributed by atoms with Gasteiger partial charge in [0.25, 0.3) is 5.91 Å². The van der Waals surface area contributed by atoms with Crippen molar-refractivity contribution in [3.8, 4) is 16.9 Å². The van der Waals surface area contributed by atoms with Crippen LogP contribution in [0.4, 0.5) is 29.5 Å². The van der Waals surface area contributed by atoms with E-state index in [0.717, 1.165) is 12.5 Å². The summed E-state index contributed by atoms with van der Waals surface area (Å²) in [6, 6.07) is 13.2. The Morgan fingerprint density at radius 2 is 1.75 bits per heavy atom. The van der Waals surface area contributed by atoms with Gasteiger partial charge in [-0.3, -0.25) is 14.4 Å². The predicted molar refractivity (Wildman–Crippen MR) is 241 cm³/mol. The largest absolute Gasteiger partial charge is 0.573 e. The Morgan fingerprint density at radius 1 is 1.00 bits per heavy atom. The number of fused-ring (bicyclic) bond motifs is 3. The molecule has 5 unspecified atom stereocenters. The smallest absolute Gasteiger partial charge is 0.453 e. The number of H-pyrrole nitrogens is 1. The summed E-state index contributed by atoms with van der Waals surface area (Å²) in [6.07, 6.45) is -2.84. The average Bonchev–Trinajstić information content (AvgIpc) is 3.52. The van der Waals surface area contributed by atoms with E-state index in [1.165, 1.54) is 19.4 Å². The van der Waals surface area contributed by atoms with Crippen molar-refractivity contribution < 1.29 is 41.8 Å². The number of nitrogens with one attached hydrogen (secondary N) is 3. The minimum Gasteiger partial charge on any atom is -0.453 e. The summed E-state index contributed by atoms with van der Waals surface area (Å²) >= 11 is 6.67. The molecule has 5 atom stereocenters. The van der Waals surface area contributed by atoms with E-state index in [-0.39, 0.29) is 62.9 Å². The fourth-order valence-corrected chi connectivity index (χ4v) is 9.36. The van der Waals surface area contributed by atoms with Gasteiger partial charge in [-0.2, -0.15) is 0 Å². The molecule has 2 aliphatic heterocycles. The highest BCUT2D eigenvalue weighted by Gasteiger charge is 2.52. The maximum atomic E-state index is 13.9. The number of rotatable bonds is 10. The number of amides is 4. The van der Waals surface area contributed by atoms with E-state index < -0.39 is 36.2 Å². The number of methoxy groups -OCH3 is 1. The number of ether oxygens (including phenoxy) is 2. The number of likely N-dealkylation sites (tertiary alicyclic amines) is 1. The lowest BCUT2D eigenvalue weighted by Gasteiger charge is -2.40. The molecule has 4 amide bonds. The Hall–Kier alpha value is -6.10. The molecule has 1 saturated carbocycles. The van der Waals surface area contributed by atoms with Gasteiger partial charge in [0, 0.05) is 61.4 Å². The molecule has 8 rings (SSSR count). The highest BCUT2D eigenvalue weighted by atomic mass is 35.5. The van der Waals surface area contributed by atoms with Gasteiger partial charge in [0.05, 0.1) is 40.5 Å². The van der Waals surface area contributed by atoms with Crippen molar-refractivity contribution in [1.82, 2.24) is 30.1 Å². The fourth-order valence-electron chi connectivity index (χ4n) is 9.15. The van der Waals surface area contributed by atoms with Crippen LogP contribution in [0.25, 0.3) is 32.9 Å². The summed E-state index contributed by atoms with van der Waals surface area (Å²) < 4.78 is 51.1. The number of anilines is 2. The summed E-state index contributed by atoms with van der Waals surface area (Å²) in [5.74, 6) is -0.0592. The minimum atomic E-state index is -5.07. The van der Waals surface area contributed by atoms with E-state index in [4.69, 9.17) is 21.3 Å². The number of carbonyl (C=O) groups is 4. The van der Waals surface area contributed by atoms with Crippen LogP contribution < -0.4 is 20.3 Å². The van der Waals surface area contributed by atoms with Gasteiger partial charge in [0.1, 0.15) is 23.4 Å². The molecule has 1 aliphatic carbocycles. The molecule has 3 aliphatic rings. The molecule has 2 aromatic heterocycles. The number of nitrogens with zero attached hydrogens (tertiary/aromatic N) is 5. The summed E-state index contributed by atoms with van der Waals surface area (Å²) in [4.78, 5) is 71.0. The molecule has 65 heavy (non-hydrogen) atoms. The number of alkyl carbamates (subject to hydrolysis) is 1. The van der Waals surface area contributed by atoms with Crippen LogP contribution in [-0.4, -0.2) is 100 Å². The van der Waals surface area contributed by atoms with Crippen molar-refractivity contribution in [1.29, 1.82) is 0 Å². The number of pyridine rings is 1. The number of benzene rings is 3. The summed E-state index contributed by atoms with van der Waals surface area (Å²) in [6.45, 7) is 14.1. The van der Waals surface area contributed by atoms with Crippen LogP contribution in [0.5, 0.6) is 5.75 Å². The highest BCUT2D eigenvalue weighted by molar-refractivity contribution is 6.34. The first kappa shape index (κ1) is 45.5. The van der Waals surface area contributed by atoms with Gasteiger partial charge in [-0.05, 0) is 78.3 Å². The average molecular weight is 917 g/mol. The van der Waals surface area contributed by atoms with Crippen LogP contribution in [0.1, 0.15) is 76.6 Å². The van der Waals surface area contributed by atoms with Crippen molar-refractivity contribution in [2.24, 2.45) is 23.2 Å². The Morgan fingerprint density at radius 3 is 2.40 bits per heavy atom. The third kappa shape index (κ3) is 9.38. The van der Waals surface area contributed by atoms with Crippen molar-refractivity contribution in [2.45, 2.75) is 78.9 Å². The molecule has 0 bridgehead atoms. The molecule has 344 valence electrons. The molecule has 18 heteroatoms. The topological polar surface area (TPSA) is 162 Å². The number of aromatic amines is 1. The van der Waals surface area contributed by atoms with E-state index >= 15 is 0 Å². The van der Waals surface area contributed by atoms with Crippen molar-refractivity contribution in [3.63, 3.8) is 0 Å². The van der Waals surface area contributed by atoms with Crippen LogP contribution in [-0.2, 0) is 14.3 Å². The van der Waals surface area contributed by atoms with Crippen LogP contribution in [0, 0.1) is 23.2 Å². The van der Waals surface area contributed by atoms with Gasteiger partial charge in [-0.1, -0.05) is 64.4 Å². The van der Waals surface area contributed by atoms with Gasteiger partial charge < -0.3 is 39.8 Å². The molecule has 0 spiro atoms. The quantitative estimate of drug-likeness (QED) is 0.124. The molecule has 2 saturated heterocycles. The Bertz CT molecular complexity index is 2670. The Kier molecular flexibility index (Phi) is 12.1. The number of aromatic nitrogens is 3. The van der Waals surface area contributed by atoms with Gasteiger partial charge >= 0.3 is 12.5 Å². The van der Waals surface area contributed by atoms with E-state index in [9.17, 15) is 32.3 Å². The zero-order valence-electron chi connectivity index (χ0n) is 37.2. The highest BCUT2D eigenvalue weighted by Crippen LogP contribution is 2.52. The van der Waals surface area contributed by atoms with E-state index in [1.807, 2.05) is 44.7 Å². The number of alkyl halides is 3. The normalized spacial score (nSPS) is 21.1. The Labute approximate surface area is 379 Å². The zero-order valence-corrected chi connectivity index (χ0v) is 37.9. The maximum Gasteiger partial charge on any atom is 0.573 e. The Balaban J connectivity index is 1.01. The number of imidazole rings is 1. The summed E-state index contributed by atoms with van der Waals surface area (Å²) in [5, 5.41) is 6.63. The zero-order chi connectivity index (χ0) is 46.7. The molecule has 0 radical (unpaired) electrons. The number of halogens is 4. The second-order valence-electron chi connectivity index (χ2n) is 18.5. The first-order valence-corrected chi connectivity index (χ1v) is 22.1. The SMILES string of the molecule is COC(=O)NC(C(=O)N1CC(C)CC1c1nc2c(ccc3cc(-c4cc(Cl)c(NC(=O)c5ccc(N6CCN(C(=O)C7CC7(C)C)CC6C)nc5)cc4OC(F)(F)F)ccc32)[nH]1)C(C)C. The lowest BCUT2D eigenvalue weighted by molar-refractivity contribution is -0.274. The number of piperazine rings is 1. The first-order valence-electron chi connectivity index (χ1n) is 21.7. The number of carbonyl (C=O) groups excluding carboxylic acids is 4. The molecule has 3 fully saturated rings. The minimum absolute atomic E-state index is 0.00799. The van der Waals surface area contributed by atoms with Gasteiger partial charge in [-0.25, -0.2) is 14.8 Å². The van der Waals surface area contributed by atoms with Gasteiger partial charge in [-0.15, -0.1) is 13.2 Å². The lowest BCUT2D eigenvalue weighted by atomic mass is 9.99. The standard InChI is InChI=1S/C47H52ClF3N8O6/c1-24(2)39(56-45(63)64-7)44(62)59-22-25(3)16-36(59)41-53-34-12-9-27-17-28(8-11-30(27)40(34)55-41)31-18-33(48)35(19-37(31)65-47(49,50)51)54-42(60)29-10-13-38(52-21-29)58-15-14-57(23-26(58)4)43(61)32-20-46(32,5)6/h8-13,17-19,21,24-26,32,36,39H,14-16,20,22-23H2,1-7H3,(H,53,55)(H,54,60)(H,56,63). The van der Waals surface area contributed by atoms with Crippen molar-refractivity contribution >= 4 is 68.7 Å². The summed E-state index contributed by atoms with van der Waals surface area (Å²) in [5.41, 5.74) is 1.81. The fraction of sp³-hybridized carbons (Fsp3) is 0.447. The van der Waals surface area contributed by atoms with Gasteiger partial charge in [0.2, 0.25) is 11.8 Å². The van der Waals surface area contributed by atoms with Crippen LogP contribution in [0.3, 0.4) is 0 Å². The first-order chi connectivity index (χ1) is 30.7. The molecule has 3 aromatic carbocycles. The molecule has 14 nitrogen and oxygen atoms in total. The maximum absolute atomic E-state index is 13.9. The molecule has 4 heterocycles. The van der Waals surface area contributed by atoms with E-state index in [1.54, 1.807) is 35.2 Å². The molecule has 5 aromatic rings. The van der Waals surface area contributed by atoms with Crippen LogP contribution in [0.2, 0.25) is 5.02 Å². The molecular weight excluding hydrogens is 865 g/mol. The number of hydrogen-bond acceptors (Lipinski definition) is 9.